The van der Waals surface area contributed by atoms with Crippen molar-refractivity contribution in [2.75, 3.05) is 0 Å². The van der Waals surface area contributed by atoms with Crippen LogP contribution in [0.5, 0.6) is 0 Å². The molecule has 0 bridgehead atoms. The Morgan fingerprint density at radius 1 is 1.17 bits per heavy atom. The molecule has 4 heteroatoms. The predicted octanol–water partition coefficient (Wildman–Crippen LogP) is 4.75. The number of benzene rings is 2. The van der Waals surface area contributed by atoms with Gasteiger partial charge in [0, 0.05) is 11.6 Å². The van der Waals surface area contributed by atoms with Crippen LogP contribution >= 0.6 is 11.6 Å². The summed E-state index contributed by atoms with van der Waals surface area (Å²) < 4.78 is 1.85. The maximum Gasteiger partial charge on any atom is 0.261 e. The van der Waals surface area contributed by atoms with Crippen LogP contribution in [0.3, 0.4) is 0 Å². The molecule has 2 aromatic carbocycles. The monoisotopic (exact) mass is 324 g/mol. The summed E-state index contributed by atoms with van der Waals surface area (Å²) in [5.41, 5.74) is 2.68. The fourth-order valence-corrected chi connectivity index (χ4v) is 3.44. The highest BCUT2D eigenvalue weighted by Gasteiger charge is 2.26. The van der Waals surface area contributed by atoms with E-state index in [0.29, 0.717) is 16.2 Å². The zero-order valence-corrected chi connectivity index (χ0v) is 13.7. The molecule has 0 aliphatic heterocycles. The molecule has 1 aliphatic rings. The van der Waals surface area contributed by atoms with Crippen LogP contribution in [0.4, 0.5) is 0 Å². The molecule has 3 nitrogen and oxygen atoms in total. The minimum Gasteiger partial charge on any atom is -0.289 e. The van der Waals surface area contributed by atoms with Crippen molar-refractivity contribution < 1.29 is 0 Å². The molecular weight excluding hydrogens is 308 g/mol. The van der Waals surface area contributed by atoms with Crippen molar-refractivity contribution in [3.63, 3.8) is 0 Å². The van der Waals surface area contributed by atoms with Gasteiger partial charge in [0.2, 0.25) is 0 Å². The highest BCUT2D eigenvalue weighted by Crippen LogP contribution is 2.36. The number of para-hydroxylation sites is 1. The second-order valence-corrected chi connectivity index (χ2v) is 6.60. The average molecular weight is 325 g/mol. The summed E-state index contributed by atoms with van der Waals surface area (Å²) in [6.45, 7) is 2.00. The van der Waals surface area contributed by atoms with Crippen molar-refractivity contribution >= 4 is 22.5 Å². The molecule has 116 valence electrons. The van der Waals surface area contributed by atoms with E-state index in [-0.39, 0.29) is 11.6 Å². The van der Waals surface area contributed by atoms with E-state index in [9.17, 15) is 4.79 Å². The summed E-state index contributed by atoms with van der Waals surface area (Å²) in [7, 11) is 0. The molecule has 4 rings (SSSR count). The molecular formula is C19H17ClN2O. The van der Waals surface area contributed by atoms with E-state index in [4.69, 9.17) is 16.6 Å². The fourth-order valence-electron chi connectivity index (χ4n) is 3.12. The van der Waals surface area contributed by atoms with Crippen molar-refractivity contribution in [1.82, 2.24) is 9.55 Å². The molecule has 0 radical (unpaired) electrons. The number of nitrogens with zero attached hydrogens (tertiary/aromatic N) is 2. The van der Waals surface area contributed by atoms with E-state index in [1.807, 2.05) is 54.0 Å². The van der Waals surface area contributed by atoms with E-state index >= 15 is 0 Å². The lowest BCUT2D eigenvalue weighted by Crippen LogP contribution is -2.31. The smallest absolute Gasteiger partial charge is 0.261 e. The lowest BCUT2D eigenvalue weighted by atomic mass is 9.92. The van der Waals surface area contributed by atoms with E-state index < -0.39 is 0 Å². The molecule has 0 spiro atoms. The Balaban J connectivity index is 2.06. The van der Waals surface area contributed by atoms with Crippen molar-refractivity contribution in [3.8, 4) is 11.4 Å². The lowest BCUT2D eigenvalue weighted by Gasteiger charge is -2.30. The van der Waals surface area contributed by atoms with Crippen LogP contribution in [0.15, 0.2) is 47.3 Å². The molecule has 1 aromatic heterocycles. The van der Waals surface area contributed by atoms with E-state index in [2.05, 4.69) is 0 Å². The Kier molecular flexibility index (Phi) is 3.46. The van der Waals surface area contributed by atoms with Gasteiger partial charge in [0.1, 0.15) is 5.82 Å². The molecule has 0 atom stereocenters. The van der Waals surface area contributed by atoms with Gasteiger partial charge in [0.05, 0.1) is 15.9 Å². The number of aryl methyl sites for hydroxylation is 1. The van der Waals surface area contributed by atoms with Gasteiger partial charge in [-0.05, 0) is 56.0 Å². The highest BCUT2D eigenvalue weighted by atomic mass is 35.5. The summed E-state index contributed by atoms with van der Waals surface area (Å²) in [6.07, 6.45) is 3.21. The van der Waals surface area contributed by atoms with Crippen LogP contribution in [0.1, 0.15) is 30.9 Å². The Morgan fingerprint density at radius 2 is 1.96 bits per heavy atom. The first-order valence-electron chi connectivity index (χ1n) is 7.93. The maximum absolute atomic E-state index is 13.0. The summed E-state index contributed by atoms with van der Waals surface area (Å²) >= 11 is 6.45. The standard InChI is InChI=1S/C19H17ClN2O/c1-12-9-10-14(16(20)11-12)18-21-17-8-3-2-7-15(17)19(23)22(18)13-5-4-6-13/h2-3,7-11,13H,4-6H2,1H3. The Labute approximate surface area is 139 Å². The van der Waals surface area contributed by atoms with Gasteiger partial charge in [-0.1, -0.05) is 29.8 Å². The van der Waals surface area contributed by atoms with Gasteiger partial charge in [0.25, 0.3) is 5.56 Å². The van der Waals surface area contributed by atoms with Crippen molar-refractivity contribution in [2.24, 2.45) is 0 Å². The number of rotatable bonds is 2. The summed E-state index contributed by atoms with van der Waals surface area (Å²) in [5, 5.41) is 1.31. The molecule has 0 saturated heterocycles. The Morgan fingerprint density at radius 3 is 2.65 bits per heavy atom. The number of hydrogen-bond acceptors (Lipinski definition) is 2. The fraction of sp³-hybridized carbons (Fsp3) is 0.263. The molecule has 1 saturated carbocycles. The molecule has 0 unspecified atom stereocenters. The first-order valence-corrected chi connectivity index (χ1v) is 8.31. The van der Waals surface area contributed by atoms with Gasteiger partial charge in [-0.25, -0.2) is 4.98 Å². The zero-order chi connectivity index (χ0) is 16.0. The van der Waals surface area contributed by atoms with E-state index in [1.54, 1.807) is 0 Å². The van der Waals surface area contributed by atoms with Crippen LogP contribution in [-0.4, -0.2) is 9.55 Å². The van der Waals surface area contributed by atoms with Crippen LogP contribution < -0.4 is 5.56 Å². The van der Waals surface area contributed by atoms with Crippen LogP contribution in [0, 0.1) is 6.92 Å². The van der Waals surface area contributed by atoms with Crippen molar-refractivity contribution in [3.05, 3.63) is 63.4 Å². The number of halogens is 1. The molecule has 0 N–H and O–H groups in total. The largest absolute Gasteiger partial charge is 0.289 e. The average Bonchev–Trinajstić information content (AvgIpc) is 2.48. The minimum absolute atomic E-state index is 0.0342. The quantitative estimate of drug-likeness (QED) is 0.681. The van der Waals surface area contributed by atoms with Gasteiger partial charge in [-0.15, -0.1) is 0 Å². The molecule has 1 fully saturated rings. The molecule has 0 amide bonds. The predicted molar refractivity (Wildman–Crippen MR) is 94.1 cm³/mol. The number of aromatic nitrogens is 2. The zero-order valence-electron chi connectivity index (χ0n) is 12.9. The first-order chi connectivity index (χ1) is 11.1. The lowest BCUT2D eigenvalue weighted by molar-refractivity contribution is 0.308. The maximum atomic E-state index is 13.0. The summed E-state index contributed by atoms with van der Waals surface area (Å²) in [4.78, 5) is 17.8. The van der Waals surface area contributed by atoms with Crippen LogP contribution in [0.25, 0.3) is 22.3 Å². The second-order valence-electron chi connectivity index (χ2n) is 6.20. The third kappa shape index (κ3) is 2.36. The van der Waals surface area contributed by atoms with Crippen molar-refractivity contribution in [1.29, 1.82) is 0 Å². The van der Waals surface area contributed by atoms with Gasteiger partial charge >= 0.3 is 0 Å². The van der Waals surface area contributed by atoms with E-state index in [1.165, 1.54) is 0 Å². The topological polar surface area (TPSA) is 34.9 Å². The summed E-state index contributed by atoms with van der Waals surface area (Å²) in [6, 6.07) is 13.6. The Bertz CT molecular complexity index is 957. The SMILES string of the molecule is Cc1ccc(-c2nc3ccccc3c(=O)n2C2CCC2)c(Cl)c1. The molecule has 1 heterocycles. The Hall–Kier alpha value is -2.13. The molecule has 3 aromatic rings. The number of hydrogen-bond donors (Lipinski definition) is 0. The van der Waals surface area contributed by atoms with Crippen molar-refractivity contribution in [2.45, 2.75) is 32.2 Å². The molecule has 1 aliphatic carbocycles. The minimum atomic E-state index is 0.0342. The third-order valence-electron chi connectivity index (χ3n) is 4.61. The van der Waals surface area contributed by atoms with Gasteiger partial charge in [-0.3, -0.25) is 9.36 Å². The van der Waals surface area contributed by atoms with Crippen LogP contribution in [-0.2, 0) is 0 Å². The first kappa shape index (κ1) is 14.5. The van der Waals surface area contributed by atoms with Crippen LogP contribution in [0.2, 0.25) is 5.02 Å². The number of fused-ring (bicyclic) bond motifs is 1. The van der Waals surface area contributed by atoms with E-state index in [0.717, 1.165) is 35.9 Å². The summed E-state index contributed by atoms with van der Waals surface area (Å²) in [5.74, 6) is 0.684. The third-order valence-corrected chi connectivity index (χ3v) is 4.93. The highest BCUT2D eigenvalue weighted by molar-refractivity contribution is 6.33. The van der Waals surface area contributed by atoms with Gasteiger partial charge < -0.3 is 0 Å². The molecule has 23 heavy (non-hydrogen) atoms. The normalized spacial score (nSPS) is 14.9. The second kappa shape index (κ2) is 5.50. The van der Waals surface area contributed by atoms with Gasteiger partial charge in [0.15, 0.2) is 0 Å². The van der Waals surface area contributed by atoms with Gasteiger partial charge in [-0.2, -0.15) is 0 Å².